The van der Waals surface area contributed by atoms with Gasteiger partial charge in [0.05, 0.1) is 11.8 Å². The van der Waals surface area contributed by atoms with Gasteiger partial charge in [-0.25, -0.2) is 0 Å². The van der Waals surface area contributed by atoms with E-state index in [2.05, 4.69) is 25.9 Å². The molecule has 17 heavy (non-hydrogen) atoms. The zero-order valence-electron chi connectivity index (χ0n) is 11.8. The molecule has 3 atom stereocenters. The summed E-state index contributed by atoms with van der Waals surface area (Å²) in [6.07, 6.45) is 1.07. The minimum absolute atomic E-state index is 0.0359. The Labute approximate surface area is 104 Å². The molecule has 0 spiro atoms. The van der Waals surface area contributed by atoms with Crippen LogP contribution in [-0.2, 0) is 4.79 Å². The quantitative estimate of drug-likeness (QED) is 0.815. The van der Waals surface area contributed by atoms with E-state index in [4.69, 9.17) is 5.73 Å². The molecule has 0 aromatic heterocycles. The summed E-state index contributed by atoms with van der Waals surface area (Å²) in [4.78, 5) is 11.6. The van der Waals surface area contributed by atoms with Crippen molar-refractivity contribution in [2.24, 2.45) is 22.2 Å². The molecule has 0 aliphatic carbocycles. The molecule has 0 radical (unpaired) electrons. The maximum Gasteiger partial charge on any atom is 0.231 e. The smallest absolute Gasteiger partial charge is 0.231 e. The van der Waals surface area contributed by atoms with Gasteiger partial charge in [0.25, 0.3) is 0 Å². The van der Waals surface area contributed by atoms with Gasteiger partial charge >= 0.3 is 0 Å². The van der Waals surface area contributed by atoms with Crippen molar-refractivity contribution in [1.29, 1.82) is 0 Å². The van der Waals surface area contributed by atoms with Gasteiger partial charge < -0.3 is 5.73 Å². The molecular weight excluding hydrogens is 214 g/mol. The topological polar surface area (TPSA) is 58.7 Å². The minimum atomic E-state index is -0.634. The number of primary amides is 1. The maximum absolute atomic E-state index is 11.6. The van der Waals surface area contributed by atoms with Gasteiger partial charge in [0.2, 0.25) is 5.91 Å². The highest BCUT2D eigenvalue weighted by Gasteiger charge is 2.48. The minimum Gasteiger partial charge on any atom is -0.369 e. The van der Waals surface area contributed by atoms with E-state index >= 15 is 0 Å². The fourth-order valence-corrected chi connectivity index (χ4v) is 2.59. The summed E-state index contributed by atoms with van der Waals surface area (Å²) in [5.74, 6) is 0.332. The van der Waals surface area contributed by atoms with Gasteiger partial charge in [-0.15, -0.1) is 0 Å². The standard InChI is InChI=1S/C13H25N3O/c1-8(2)7-9(3)16-11(5)13(6,12(14)17)10(4)15-16/h8-9,11H,7H2,1-6H3,(H2,14,17). The van der Waals surface area contributed by atoms with E-state index in [1.54, 1.807) is 0 Å². The third-order valence-corrected chi connectivity index (χ3v) is 4.03. The first kappa shape index (κ1) is 14.0. The van der Waals surface area contributed by atoms with Crippen LogP contribution in [0.15, 0.2) is 5.10 Å². The summed E-state index contributed by atoms with van der Waals surface area (Å²) < 4.78 is 0. The maximum atomic E-state index is 11.6. The van der Waals surface area contributed by atoms with E-state index in [9.17, 15) is 4.79 Å². The monoisotopic (exact) mass is 239 g/mol. The Bertz CT molecular complexity index is 338. The molecule has 1 aliphatic heterocycles. The SMILES string of the molecule is CC1=NN(C(C)CC(C)C)C(C)C1(C)C(N)=O. The molecule has 1 aliphatic rings. The lowest BCUT2D eigenvalue weighted by molar-refractivity contribution is -0.125. The van der Waals surface area contributed by atoms with Crippen molar-refractivity contribution in [3.63, 3.8) is 0 Å². The van der Waals surface area contributed by atoms with Crippen LogP contribution in [-0.4, -0.2) is 28.7 Å². The van der Waals surface area contributed by atoms with E-state index in [1.807, 2.05) is 25.8 Å². The van der Waals surface area contributed by atoms with Crippen LogP contribution in [0.25, 0.3) is 0 Å². The van der Waals surface area contributed by atoms with Crippen molar-refractivity contribution in [3.8, 4) is 0 Å². The van der Waals surface area contributed by atoms with Crippen LogP contribution in [0.4, 0.5) is 0 Å². The number of carbonyl (C=O) groups is 1. The lowest BCUT2D eigenvalue weighted by Gasteiger charge is -2.34. The fraction of sp³-hybridized carbons (Fsp3) is 0.846. The average molecular weight is 239 g/mol. The predicted molar refractivity (Wildman–Crippen MR) is 70.6 cm³/mol. The Kier molecular flexibility index (Phi) is 3.84. The molecule has 1 amide bonds. The highest BCUT2D eigenvalue weighted by molar-refractivity contribution is 6.08. The molecule has 3 unspecified atom stereocenters. The summed E-state index contributed by atoms with van der Waals surface area (Å²) in [6, 6.07) is 0.370. The Morgan fingerprint density at radius 3 is 2.41 bits per heavy atom. The second-order valence-electron chi connectivity index (χ2n) is 5.79. The van der Waals surface area contributed by atoms with E-state index in [1.165, 1.54) is 0 Å². The second-order valence-corrected chi connectivity index (χ2v) is 5.79. The Morgan fingerprint density at radius 2 is 2.06 bits per heavy atom. The first-order chi connectivity index (χ1) is 7.71. The fourth-order valence-electron chi connectivity index (χ4n) is 2.59. The summed E-state index contributed by atoms with van der Waals surface area (Å²) in [7, 11) is 0. The number of nitrogens with zero attached hydrogens (tertiary/aromatic N) is 2. The van der Waals surface area contributed by atoms with E-state index in [0.29, 0.717) is 12.0 Å². The van der Waals surface area contributed by atoms with Gasteiger partial charge in [0.1, 0.15) is 5.41 Å². The molecule has 0 aromatic rings. The Morgan fingerprint density at radius 1 is 1.53 bits per heavy atom. The van der Waals surface area contributed by atoms with Gasteiger partial charge in [-0.2, -0.15) is 5.10 Å². The second kappa shape index (κ2) is 4.67. The van der Waals surface area contributed by atoms with E-state index < -0.39 is 5.41 Å². The zero-order chi connectivity index (χ0) is 13.4. The highest BCUT2D eigenvalue weighted by Crippen LogP contribution is 2.35. The number of nitrogens with two attached hydrogens (primary N) is 1. The first-order valence-corrected chi connectivity index (χ1v) is 6.35. The lowest BCUT2D eigenvalue weighted by Crippen LogP contribution is -2.50. The van der Waals surface area contributed by atoms with Crippen molar-refractivity contribution in [3.05, 3.63) is 0 Å². The van der Waals surface area contributed by atoms with Gasteiger partial charge in [0.15, 0.2) is 0 Å². The van der Waals surface area contributed by atoms with Crippen molar-refractivity contribution >= 4 is 11.6 Å². The molecule has 1 heterocycles. The van der Waals surface area contributed by atoms with E-state index in [0.717, 1.165) is 12.1 Å². The highest BCUT2D eigenvalue weighted by atomic mass is 16.1. The van der Waals surface area contributed by atoms with Crippen molar-refractivity contribution < 1.29 is 4.79 Å². The molecule has 4 nitrogen and oxygen atoms in total. The van der Waals surface area contributed by atoms with E-state index in [-0.39, 0.29) is 11.9 Å². The van der Waals surface area contributed by atoms with Crippen molar-refractivity contribution in [1.82, 2.24) is 5.01 Å². The summed E-state index contributed by atoms with van der Waals surface area (Å²) in [5.41, 5.74) is 5.72. The molecule has 0 fully saturated rings. The molecule has 1 rings (SSSR count). The molecule has 0 saturated carbocycles. The van der Waals surface area contributed by atoms with Crippen molar-refractivity contribution in [2.45, 2.75) is 60.0 Å². The number of carbonyl (C=O) groups excluding carboxylic acids is 1. The van der Waals surface area contributed by atoms with Crippen molar-refractivity contribution in [2.75, 3.05) is 0 Å². The summed E-state index contributed by atoms with van der Waals surface area (Å²) in [6.45, 7) is 12.4. The van der Waals surface area contributed by atoms with Gasteiger partial charge in [-0.05, 0) is 40.0 Å². The first-order valence-electron chi connectivity index (χ1n) is 6.35. The number of hydrogen-bond acceptors (Lipinski definition) is 3. The largest absolute Gasteiger partial charge is 0.369 e. The molecule has 0 aromatic carbocycles. The Hall–Kier alpha value is -1.06. The van der Waals surface area contributed by atoms with Crippen LogP contribution in [0.1, 0.15) is 48.0 Å². The molecule has 0 saturated heterocycles. The van der Waals surface area contributed by atoms with Crippen LogP contribution >= 0.6 is 0 Å². The molecular formula is C13H25N3O. The summed E-state index contributed by atoms with van der Waals surface area (Å²) in [5, 5.41) is 6.59. The average Bonchev–Trinajstić information content (AvgIpc) is 2.42. The lowest BCUT2D eigenvalue weighted by atomic mass is 9.79. The van der Waals surface area contributed by atoms with Crippen LogP contribution in [0.3, 0.4) is 0 Å². The van der Waals surface area contributed by atoms with Crippen LogP contribution < -0.4 is 5.73 Å². The van der Waals surface area contributed by atoms with Gasteiger partial charge in [-0.3, -0.25) is 9.80 Å². The van der Waals surface area contributed by atoms with Gasteiger partial charge in [-0.1, -0.05) is 13.8 Å². The molecule has 0 bridgehead atoms. The number of hydrogen-bond donors (Lipinski definition) is 1. The predicted octanol–water partition coefficient (Wildman–Crippen LogP) is 1.99. The number of rotatable bonds is 4. The number of hydrazone groups is 1. The normalized spacial score (nSPS) is 30.6. The molecule has 98 valence electrons. The zero-order valence-corrected chi connectivity index (χ0v) is 11.8. The third-order valence-electron chi connectivity index (χ3n) is 4.03. The van der Waals surface area contributed by atoms with Crippen LogP contribution in [0.2, 0.25) is 0 Å². The van der Waals surface area contributed by atoms with Crippen LogP contribution in [0.5, 0.6) is 0 Å². The molecule has 4 heteroatoms. The summed E-state index contributed by atoms with van der Waals surface area (Å²) >= 11 is 0. The Balaban J connectivity index is 2.91. The third kappa shape index (κ3) is 2.31. The van der Waals surface area contributed by atoms with Gasteiger partial charge in [0, 0.05) is 6.04 Å². The van der Waals surface area contributed by atoms with Crippen LogP contribution in [0, 0.1) is 11.3 Å². The molecule has 2 N–H and O–H groups in total. The number of amides is 1.